The van der Waals surface area contributed by atoms with Gasteiger partial charge in [0.15, 0.2) is 5.96 Å². The summed E-state index contributed by atoms with van der Waals surface area (Å²) in [5.41, 5.74) is 9.03. The Bertz CT molecular complexity index is 527. The lowest BCUT2D eigenvalue weighted by Crippen LogP contribution is -2.41. The number of halogens is 1. The van der Waals surface area contributed by atoms with E-state index in [0.29, 0.717) is 18.0 Å². The monoisotopic (exact) mass is 414 g/mol. The minimum Gasteiger partial charge on any atom is -0.370 e. The molecule has 1 atom stereocenters. The molecule has 0 spiro atoms. The topological polar surface area (TPSA) is 44.9 Å². The summed E-state index contributed by atoms with van der Waals surface area (Å²) in [6.07, 6.45) is 3.65. The van der Waals surface area contributed by atoms with Crippen molar-refractivity contribution in [3.63, 3.8) is 0 Å². The third kappa shape index (κ3) is 4.13. The van der Waals surface area contributed by atoms with E-state index in [9.17, 15) is 0 Å². The van der Waals surface area contributed by atoms with Crippen molar-refractivity contribution >= 4 is 29.9 Å². The van der Waals surface area contributed by atoms with E-state index < -0.39 is 0 Å². The number of nitrogens with zero attached hydrogens (tertiary/aromatic N) is 3. The van der Waals surface area contributed by atoms with Crippen LogP contribution in [0.4, 0.5) is 0 Å². The first-order valence-electron chi connectivity index (χ1n) is 7.98. The number of benzene rings is 1. The summed E-state index contributed by atoms with van der Waals surface area (Å²) in [7, 11) is 2.05. The van der Waals surface area contributed by atoms with Crippen LogP contribution in [0, 0.1) is 0 Å². The highest BCUT2D eigenvalue weighted by atomic mass is 127. The molecule has 0 bridgehead atoms. The predicted molar refractivity (Wildman–Crippen MR) is 103 cm³/mol. The fraction of sp³-hybridized carbons (Fsp3) is 0.588. The summed E-state index contributed by atoms with van der Waals surface area (Å²) in [5, 5.41) is 0. The summed E-state index contributed by atoms with van der Waals surface area (Å²) >= 11 is 0. The largest absolute Gasteiger partial charge is 0.370 e. The third-order valence-corrected chi connectivity index (χ3v) is 4.76. The van der Waals surface area contributed by atoms with Gasteiger partial charge < -0.3 is 10.6 Å². The van der Waals surface area contributed by atoms with Crippen LogP contribution in [0.2, 0.25) is 0 Å². The van der Waals surface area contributed by atoms with Crippen molar-refractivity contribution < 1.29 is 0 Å². The van der Waals surface area contributed by atoms with Gasteiger partial charge >= 0.3 is 0 Å². The molecule has 0 radical (unpaired) electrons. The molecule has 1 aliphatic heterocycles. The highest BCUT2D eigenvalue weighted by Crippen LogP contribution is 2.25. The molecule has 0 aromatic heterocycles. The van der Waals surface area contributed by atoms with Gasteiger partial charge in [-0.05, 0) is 37.3 Å². The van der Waals surface area contributed by atoms with Crippen LogP contribution in [0.3, 0.4) is 0 Å². The molecule has 2 aliphatic rings. The second kappa shape index (κ2) is 7.64. The summed E-state index contributed by atoms with van der Waals surface area (Å²) < 4.78 is 0. The molecule has 1 aliphatic carbocycles. The average molecular weight is 414 g/mol. The molecular weight excluding hydrogens is 387 g/mol. The summed E-state index contributed by atoms with van der Waals surface area (Å²) in [4.78, 5) is 9.23. The predicted octanol–water partition coefficient (Wildman–Crippen LogP) is 2.46. The van der Waals surface area contributed by atoms with Gasteiger partial charge in [0.05, 0.1) is 6.54 Å². The zero-order chi connectivity index (χ0) is 14.8. The Balaban J connectivity index is 0.00000176. The number of hydrogen-bond donors (Lipinski definition) is 1. The van der Waals surface area contributed by atoms with E-state index in [0.717, 1.165) is 26.1 Å². The smallest absolute Gasteiger partial charge is 0.191 e. The molecule has 1 heterocycles. The van der Waals surface area contributed by atoms with Crippen LogP contribution in [0.25, 0.3) is 0 Å². The standard InChI is InChI=1S/C17H26N4.HI/c1-13(11-19-17(18)20(2)16-7-8-16)21-10-9-14-5-3-4-6-15(14)12-21;/h3-6,13,16H,7-12H2,1-2H3,(H2,18,19);1H. The third-order valence-electron chi connectivity index (χ3n) is 4.76. The van der Waals surface area contributed by atoms with E-state index >= 15 is 0 Å². The van der Waals surface area contributed by atoms with Crippen LogP contribution in [-0.2, 0) is 13.0 Å². The van der Waals surface area contributed by atoms with Crippen LogP contribution in [0.15, 0.2) is 29.3 Å². The van der Waals surface area contributed by atoms with E-state index in [1.165, 1.54) is 24.0 Å². The van der Waals surface area contributed by atoms with Gasteiger partial charge in [-0.15, -0.1) is 24.0 Å². The van der Waals surface area contributed by atoms with E-state index in [4.69, 9.17) is 5.73 Å². The molecule has 0 saturated heterocycles. The molecule has 5 heteroatoms. The molecule has 2 N–H and O–H groups in total. The lowest BCUT2D eigenvalue weighted by atomic mass is 9.99. The van der Waals surface area contributed by atoms with Crippen molar-refractivity contribution in [2.75, 3.05) is 20.1 Å². The van der Waals surface area contributed by atoms with Gasteiger partial charge in [0, 0.05) is 32.2 Å². The maximum absolute atomic E-state index is 6.07. The van der Waals surface area contributed by atoms with Crippen molar-refractivity contribution in [2.24, 2.45) is 10.7 Å². The number of guanidine groups is 1. The Morgan fingerprint density at radius 3 is 2.73 bits per heavy atom. The Morgan fingerprint density at radius 2 is 2.05 bits per heavy atom. The molecule has 122 valence electrons. The van der Waals surface area contributed by atoms with Gasteiger partial charge in [-0.25, -0.2) is 0 Å². The van der Waals surface area contributed by atoms with Crippen LogP contribution in [-0.4, -0.2) is 48.0 Å². The van der Waals surface area contributed by atoms with Gasteiger partial charge in [-0.3, -0.25) is 9.89 Å². The second-order valence-electron chi connectivity index (χ2n) is 6.38. The molecule has 1 aromatic carbocycles. The van der Waals surface area contributed by atoms with Crippen molar-refractivity contribution in [2.45, 2.75) is 44.8 Å². The minimum atomic E-state index is 0. The highest BCUT2D eigenvalue weighted by Gasteiger charge is 2.27. The van der Waals surface area contributed by atoms with Gasteiger partial charge in [0.2, 0.25) is 0 Å². The lowest BCUT2D eigenvalue weighted by Gasteiger charge is -2.33. The fourth-order valence-corrected chi connectivity index (χ4v) is 3.00. The summed E-state index contributed by atoms with van der Waals surface area (Å²) in [6, 6.07) is 9.82. The van der Waals surface area contributed by atoms with Gasteiger partial charge in [-0.2, -0.15) is 0 Å². The number of hydrogen-bond acceptors (Lipinski definition) is 2. The SMILES string of the molecule is CC(CN=C(N)N(C)C1CC1)N1CCc2ccccc2C1.I. The second-order valence-corrected chi connectivity index (χ2v) is 6.38. The first kappa shape index (κ1) is 17.5. The molecule has 1 fully saturated rings. The Kier molecular flexibility index (Phi) is 6.09. The molecule has 1 saturated carbocycles. The van der Waals surface area contributed by atoms with Gasteiger partial charge in [0.25, 0.3) is 0 Å². The molecule has 1 aromatic rings. The van der Waals surface area contributed by atoms with Crippen molar-refractivity contribution in [1.82, 2.24) is 9.80 Å². The highest BCUT2D eigenvalue weighted by molar-refractivity contribution is 14.0. The first-order chi connectivity index (χ1) is 10.1. The lowest BCUT2D eigenvalue weighted by molar-refractivity contribution is 0.195. The Morgan fingerprint density at radius 1 is 1.36 bits per heavy atom. The summed E-state index contributed by atoms with van der Waals surface area (Å²) in [6.45, 7) is 5.18. The Labute approximate surface area is 150 Å². The van der Waals surface area contributed by atoms with Gasteiger partial charge in [-0.1, -0.05) is 24.3 Å². The average Bonchev–Trinajstić information content (AvgIpc) is 3.35. The van der Waals surface area contributed by atoms with E-state index in [1.54, 1.807) is 0 Å². The number of rotatable bonds is 4. The fourth-order valence-electron chi connectivity index (χ4n) is 3.00. The molecule has 1 unspecified atom stereocenters. The molecule has 4 nitrogen and oxygen atoms in total. The molecule has 0 amide bonds. The minimum absolute atomic E-state index is 0. The van der Waals surface area contributed by atoms with E-state index in [2.05, 4.69) is 53.0 Å². The van der Waals surface area contributed by atoms with Crippen LogP contribution in [0.5, 0.6) is 0 Å². The van der Waals surface area contributed by atoms with E-state index in [1.807, 2.05) is 0 Å². The normalized spacial score (nSPS) is 20.0. The van der Waals surface area contributed by atoms with Crippen molar-refractivity contribution in [3.8, 4) is 0 Å². The zero-order valence-electron chi connectivity index (χ0n) is 13.5. The Hall–Kier alpha value is -0.820. The number of nitrogens with two attached hydrogens (primary N) is 1. The summed E-state index contributed by atoms with van der Waals surface area (Å²) in [5.74, 6) is 0.696. The van der Waals surface area contributed by atoms with Crippen molar-refractivity contribution in [3.05, 3.63) is 35.4 Å². The molecule has 22 heavy (non-hydrogen) atoms. The first-order valence-corrected chi connectivity index (χ1v) is 7.98. The maximum atomic E-state index is 6.07. The molecule has 3 rings (SSSR count). The zero-order valence-corrected chi connectivity index (χ0v) is 15.9. The van der Waals surface area contributed by atoms with Crippen LogP contribution >= 0.6 is 24.0 Å². The maximum Gasteiger partial charge on any atom is 0.191 e. The number of aliphatic imine (C=N–C) groups is 1. The van der Waals surface area contributed by atoms with E-state index in [-0.39, 0.29) is 24.0 Å². The van der Waals surface area contributed by atoms with Crippen LogP contribution in [0.1, 0.15) is 30.9 Å². The number of fused-ring (bicyclic) bond motifs is 1. The van der Waals surface area contributed by atoms with Crippen molar-refractivity contribution in [1.29, 1.82) is 0 Å². The van der Waals surface area contributed by atoms with Crippen LogP contribution < -0.4 is 5.73 Å². The molecular formula is C17H27IN4. The quantitative estimate of drug-likeness (QED) is 0.468. The van der Waals surface area contributed by atoms with Gasteiger partial charge in [0.1, 0.15) is 0 Å².